The van der Waals surface area contributed by atoms with E-state index in [0.29, 0.717) is 0 Å². The van der Waals surface area contributed by atoms with E-state index in [1.165, 1.54) is 12.1 Å². The quantitative estimate of drug-likeness (QED) is 0.636. The number of hydrogen-bond donors (Lipinski definition) is 0. The molecule has 0 amide bonds. The SMILES string of the molecule is O=S(=O)(OCC#Cc1ccccc1)c1ccccc1. The Morgan fingerprint density at radius 3 is 2.11 bits per heavy atom. The first-order chi connectivity index (χ1) is 9.18. The second-order valence-electron chi connectivity index (χ2n) is 3.70. The molecule has 0 atom stereocenters. The Balaban J connectivity index is 1.99. The van der Waals surface area contributed by atoms with E-state index in [1.54, 1.807) is 18.2 Å². The molecule has 0 bridgehead atoms. The molecule has 0 N–H and O–H groups in total. The van der Waals surface area contributed by atoms with E-state index in [0.717, 1.165) is 5.56 Å². The van der Waals surface area contributed by atoms with Gasteiger partial charge in [0.15, 0.2) is 0 Å². The summed E-state index contributed by atoms with van der Waals surface area (Å²) in [6.45, 7) is -0.161. The van der Waals surface area contributed by atoms with Crippen molar-refractivity contribution in [2.24, 2.45) is 0 Å². The molecule has 0 aromatic heterocycles. The van der Waals surface area contributed by atoms with E-state index in [1.807, 2.05) is 30.3 Å². The Morgan fingerprint density at radius 1 is 0.895 bits per heavy atom. The standard InChI is InChI=1S/C15H12O3S/c16-19(17,15-11-5-2-6-12-15)18-13-7-10-14-8-3-1-4-9-14/h1-6,8-9,11-12H,13H2. The van der Waals surface area contributed by atoms with E-state index in [-0.39, 0.29) is 11.5 Å². The monoisotopic (exact) mass is 272 g/mol. The second kappa shape index (κ2) is 6.19. The first-order valence-electron chi connectivity index (χ1n) is 5.67. The van der Waals surface area contributed by atoms with Crippen LogP contribution in [0.1, 0.15) is 5.56 Å². The minimum absolute atomic E-state index is 0.136. The van der Waals surface area contributed by atoms with Gasteiger partial charge in [0.2, 0.25) is 0 Å². The lowest BCUT2D eigenvalue weighted by atomic mass is 10.2. The molecule has 0 fully saturated rings. The Labute approximate surface area is 113 Å². The van der Waals surface area contributed by atoms with Gasteiger partial charge in [-0.2, -0.15) is 8.42 Å². The van der Waals surface area contributed by atoms with Gasteiger partial charge in [-0.3, -0.25) is 4.18 Å². The molecule has 19 heavy (non-hydrogen) atoms. The van der Waals surface area contributed by atoms with Crippen molar-refractivity contribution in [1.29, 1.82) is 0 Å². The minimum Gasteiger partial charge on any atom is -0.253 e. The molecule has 2 aromatic rings. The lowest BCUT2D eigenvalue weighted by Gasteiger charge is -2.01. The highest BCUT2D eigenvalue weighted by Gasteiger charge is 2.12. The summed E-state index contributed by atoms with van der Waals surface area (Å²) in [6.07, 6.45) is 0. The first-order valence-corrected chi connectivity index (χ1v) is 7.08. The van der Waals surface area contributed by atoms with Crippen molar-refractivity contribution >= 4 is 10.1 Å². The van der Waals surface area contributed by atoms with Crippen molar-refractivity contribution in [3.63, 3.8) is 0 Å². The van der Waals surface area contributed by atoms with Crippen LogP contribution < -0.4 is 0 Å². The smallest absolute Gasteiger partial charge is 0.253 e. The van der Waals surface area contributed by atoms with Crippen molar-refractivity contribution in [2.75, 3.05) is 6.61 Å². The summed E-state index contributed by atoms with van der Waals surface area (Å²) in [4.78, 5) is 0.136. The predicted molar refractivity (Wildman–Crippen MR) is 72.9 cm³/mol. The molecule has 96 valence electrons. The second-order valence-corrected chi connectivity index (χ2v) is 5.31. The largest absolute Gasteiger partial charge is 0.297 e. The third-order valence-electron chi connectivity index (χ3n) is 2.32. The number of hydrogen-bond acceptors (Lipinski definition) is 3. The number of benzene rings is 2. The summed E-state index contributed by atoms with van der Waals surface area (Å²) in [5, 5.41) is 0. The van der Waals surface area contributed by atoms with Crippen LogP contribution in [0.3, 0.4) is 0 Å². The lowest BCUT2D eigenvalue weighted by molar-refractivity contribution is 0.363. The number of rotatable bonds is 3. The molecule has 2 rings (SSSR count). The van der Waals surface area contributed by atoms with Crippen LogP contribution in [-0.4, -0.2) is 15.0 Å². The summed E-state index contributed by atoms with van der Waals surface area (Å²) in [5.41, 5.74) is 0.822. The van der Waals surface area contributed by atoms with Gasteiger partial charge in [0.25, 0.3) is 10.1 Å². The van der Waals surface area contributed by atoms with Gasteiger partial charge in [-0.15, -0.1) is 0 Å². The van der Waals surface area contributed by atoms with Gasteiger partial charge in [-0.25, -0.2) is 0 Å². The van der Waals surface area contributed by atoms with Crippen LogP contribution >= 0.6 is 0 Å². The normalized spacial score (nSPS) is 10.5. The zero-order valence-electron chi connectivity index (χ0n) is 10.1. The maximum Gasteiger partial charge on any atom is 0.297 e. The fraction of sp³-hybridized carbons (Fsp3) is 0.0667. The maximum absolute atomic E-state index is 11.8. The molecule has 3 nitrogen and oxygen atoms in total. The van der Waals surface area contributed by atoms with Crippen molar-refractivity contribution in [3.8, 4) is 11.8 Å². The summed E-state index contributed by atoms with van der Waals surface area (Å²) in [6, 6.07) is 17.3. The molecule has 0 radical (unpaired) electrons. The third kappa shape index (κ3) is 3.95. The van der Waals surface area contributed by atoms with Crippen LogP contribution in [0.4, 0.5) is 0 Å². The van der Waals surface area contributed by atoms with Crippen molar-refractivity contribution in [1.82, 2.24) is 0 Å². The first kappa shape index (κ1) is 13.3. The minimum atomic E-state index is -3.72. The molecular formula is C15H12O3S. The van der Waals surface area contributed by atoms with Gasteiger partial charge < -0.3 is 0 Å². The van der Waals surface area contributed by atoms with Crippen LogP contribution in [0.2, 0.25) is 0 Å². The summed E-state index contributed by atoms with van der Waals surface area (Å²) in [5.74, 6) is 5.51. The van der Waals surface area contributed by atoms with E-state index < -0.39 is 10.1 Å². The molecule has 0 saturated carbocycles. The molecular weight excluding hydrogens is 260 g/mol. The molecule has 0 saturated heterocycles. The fourth-order valence-electron chi connectivity index (χ4n) is 1.42. The Hall–Kier alpha value is -2.09. The highest BCUT2D eigenvalue weighted by molar-refractivity contribution is 7.86. The average Bonchev–Trinajstić information content (AvgIpc) is 2.46. The third-order valence-corrected chi connectivity index (χ3v) is 3.60. The fourth-order valence-corrected chi connectivity index (χ4v) is 2.26. The van der Waals surface area contributed by atoms with Crippen LogP contribution in [0, 0.1) is 11.8 Å². The van der Waals surface area contributed by atoms with E-state index in [2.05, 4.69) is 11.8 Å². The van der Waals surface area contributed by atoms with E-state index in [9.17, 15) is 8.42 Å². The molecule has 4 heteroatoms. The predicted octanol–water partition coefficient (Wildman–Crippen LogP) is 2.44. The van der Waals surface area contributed by atoms with E-state index in [4.69, 9.17) is 4.18 Å². The Morgan fingerprint density at radius 2 is 1.47 bits per heavy atom. The summed E-state index contributed by atoms with van der Waals surface area (Å²) >= 11 is 0. The van der Waals surface area contributed by atoms with Crippen LogP contribution in [0.15, 0.2) is 65.6 Å². The van der Waals surface area contributed by atoms with Gasteiger partial charge >= 0.3 is 0 Å². The van der Waals surface area contributed by atoms with E-state index >= 15 is 0 Å². The van der Waals surface area contributed by atoms with Gasteiger partial charge in [-0.1, -0.05) is 48.2 Å². The van der Waals surface area contributed by atoms with Gasteiger partial charge in [0, 0.05) is 5.56 Å². The molecule has 0 spiro atoms. The van der Waals surface area contributed by atoms with Crippen molar-refractivity contribution < 1.29 is 12.6 Å². The van der Waals surface area contributed by atoms with Crippen LogP contribution in [0.5, 0.6) is 0 Å². The summed E-state index contributed by atoms with van der Waals surface area (Å²) in [7, 11) is -3.72. The average molecular weight is 272 g/mol. The molecule has 2 aromatic carbocycles. The van der Waals surface area contributed by atoms with Crippen molar-refractivity contribution in [2.45, 2.75) is 4.90 Å². The highest BCUT2D eigenvalue weighted by atomic mass is 32.2. The lowest BCUT2D eigenvalue weighted by Crippen LogP contribution is -2.06. The molecule has 0 aliphatic carbocycles. The van der Waals surface area contributed by atoms with Gasteiger partial charge in [0.05, 0.1) is 4.90 Å². The van der Waals surface area contributed by atoms with Gasteiger partial charge in [-0.05, 0) is 24.3 Å². The Kier molecular flexibility index (Phi) is 4.35. The maximum atomic E-state index is 11.8. The molecule has 0 aliphatic rings. The van der Waals surface area contributed by atoms with Crippen LogP contribution in [-0.2, 0) is 14.3 Å². The zero-order valence-corrected chi connectivity index (χ0v) is 10.9. The summed E-state index contributed by atoms with van der Waals surface area (Å²) < 4.78 is 28.3. The molecule has 0 heterocycles. The zero-order chi connectivity index (χ0) is 13.6. The van der Waals surface area contributed by atoms with Gasteiger partial charge in [0.1, 0.15) is 6.61 Å². The Bertz CT molecular complexity index is 680. The molecule has 0 aliphatic heterocycles. The van der Waals surface area contributed by atoms with Crippen LogP contribution in [0.25, 0.3) is 0 Å². The van der Waals surface area contributed by atoms with Crippen molar-refractivity contribution in [3.05, 3.63) is 66.2 Å². The topological polar surface area (TPSA) is 43.4 Å². The highest BCUT2D eigenvalue weighted by Crippen LogP contribution is 2.10. The molecule has 0 unspecified atom stereocenters.